The summed E-state index contributed by atoms with van der Waals surface area (Å²) in [5, 5.41) is 0. The van der Waals surface area contributed by atoms with Crippen molar-refractivity contribution in [1.82, 2.24) is 0 Å². The van der Waals surface area contributed by atoms with E-state index in [1.54, 1.807) is 38.1 Å². The second-order valence-corrected chi connectivity index (χ2v) is 9.93. The summed E-state index contributed by atoms with van der Waals surface area (Å²) >= 11 is 0. The maximum absolute atomic E-state index is 12.3. The fourth-order valence-electron chi connectivity index (χ4n) is 1.66. The van der Waals surface area contributed by atoms with Gasteiger partial charge in [-0.05, 0) is 38.1 Å². The zero-order valence-electron chi connectivity index (χ0n) is 11.1. The van der Waals surface area contributed by atoms with Gasteiger partial charge in [0.2, 0.25) is 0 Å². The normalized spacial score (nSPS) is 12.3. The maximum Gasteiger partial charge on any atom is 0.286 e. The molecule has 0 saturated carbocycles. The topological polar surface area (TPSA) is 68.3 Å². The summed E-state index contributed by atoms with van der Waals surface area (Å²) in [6, 6.07) is 11.5. The number of hydrogen-bond donors (Lipinski definition) is 0. The van der Waals surface area contributed by atoms with Gasteiger partial charge < -0.3 is 0 Å². The molecule has 0 fully saturated rings. The quantitative estimate of drug-likeness (QED) is 0.817. The Morgan fingerprint density at radius 2 is 0.800 bits per heavy atom. The van der Waals surface area contributed by atoms with Crippen LogP contribution in [-0.4, -0.2) is 16.8 Å². The predicted molar refractivity (Wildman–Crippen MR) is 76.7 cm³/mol. The van der Waals surface area contributed by atoms with E-state index in [1.807, 2.05) is 0 Å². The number of benzene rings is 2. The molecular formula is C14H14O4S2. The van der Waals surface area contributed by atoms with E-state index in [9.17, 15) is 16.8 Å². The van der Waals surface area contributed by atoms with Gasteiger partial charge in [0.15, 0.2) is 0 Å². The molecule has 0 bridgehead atoms. The Kier molecular flexibility index (Phi) is 3.71. The number of aryl methyl sites for hydroxylation is 2. The molecule has 0 atom stereocenters. The van der Waals surface area contributed by atoms with Crippen LogP contribution in [0.25, 0.3) is 0 Å². The third kappa shape index (κ3) is 2.48. The Bertz CT molecular complexity index is 742. The van der Waals surface area contributed by atoms with Gasteiger partial charge in [-0.2, -0.15) is 0 Å². The van der Waals surface area contributed by atoms with Crippen LogP contribution in [0.4, 0.5) is 0 Å². The van der Waals surface area contributed by atoms with Crippen LogP contribution in [0.15, 0.2) is 58.3 Å². The van der Waals surface area contributed by atoms with Gasteiger partial charge in [-0.3, -0.25) is 0 Å². The van der Waals surface area contributed by atoms with Crippen LogP contribution in [0.3, 0.4) is 0 Å². The molecular weight excluding hydrogens is 296 g/mol. The first kappa shape index (κ1) is 14.7. The molecule has 0 heterocycles. The van der Waals surface area contributed by atoms with Crippen LogP contribution in [-0.2, 0) is 17.7 Å². The zero-order chi connectivity index (χ0) is 15.0. The highest BCUT2D eigenvalue weighted by Gasteiger charge is 2.33. The average molecular weight is 310 g/mol. The Labute approximate surface area is 118 Å². The average Bonchev–Trinajstić information content (AvgIpc) is 2.39. The summed E-state index contributed by atoms with van der Waals surface area (Å²) in [5.74, 6) is 0. The van der Waals surface area contributed by atoms with Crippen molar-refractivity contribution < 1.29 is 16.8 Å². The van der Waals surface area contributed by atoms with Gasteiger partial charge >= 0.3 is 0 Å². The van der Waals surface area contributed by atoms with Gasteiger partial charge in [0.05, 0.1) is 9.79 Å². The summed E-state index contributed by atoms with van der Waals surface area (Å²) < 4.78 is 49.1. The third-order valence-corrected chi connectivity index (χ3v) is 8.07. The molecule has 0 amide bonds. The fourth-order valence-corrected chi connectivity index (χ4v) is 5.30. The molecule has 0 spiro atoms. The van der Waals surface area contributed by atoms with E-state index in [4.69, 9.17) is 0 Å². The van der Waals surface area contributed by atoms with Crippen molar-refractivity contribution in [2.45, 2.75) is 23.6 Å². The monoisotopic (exact) mass is 310 g/mol. The third-order valence-electron chi connectivity index (χ3n) is 2.91. The van der Waals surface area contributed by atoms with E-state index in [1.165, 1.54) is 24.3 Å². The second kappa shape index (κ2) is 5.03. The van der Waals surface area contributed by atoms with Gasteiger partial charge in [0, 0.05) is 0 Å². The largest absolute Gasteiger partial charge is 0.286 e. The summed E-state index contributed by atoms with van der Waals surface area (Å²) in [6.45, 7) is 3.59. The Hall–Kier alpha value is -1.66. The Morgan fingerprint density at radius 3 is 1.05 bits per heavy atom. The zero-order valence-corrected chi connectivity index (χ0v) is 12.7. The summed E-state index contributed by atoms with van der Waals surface area (Å²) in [5.41, 5.74) is 1.72. The minimum atomic E-state index is -4.45. The molecule has 0 aliphatic heterocycles. The second-order valence-electron chi connectivity index (χ2n) is 4.53. The van der Waals surface area contributed by atoms with Gasteiger partial charge in [-0.25, -0.2) is 16.8 Å². The Morgan fingerprint density at radius 1 is 0.550 bits per heavy atom. The van der Waals surface area contributed by atoms with E-state index in [0.29, 0.717) is 0 Å². The molecule has 4 nitrogen and oxygen atoms in total. The molecule has 0 aromatic heterocycles. The minimum absolute atomic E-state index is 0.219. The number of rotatable bonds is 3. The van der Waals surface area contributed by atoms with E-state index in [-0.39, 0.29) is 9.79 Å². The molecule has 2 rings (SSSR count). The van der Waals surface area contributed by atoms with Crippen LogP contribution < -0.4 is 0 Å². The summed E-state index contributed by atoms with van der Waals surface area (Å²) in [4.78, 5) is -0.438. The molecule has 106 valence electrons. The van der Waals surface area contributed by atoms with Crippen molar-refractivity contribution >= 4 is 17.7 Å². The molecule has 0 aliphatic rings. The van der Waals surface area contributed by atoms with Crippen molar-refractivity contribution in [3.05, 3.63) is 59.7 Å². The van der Waals surface area contributed by atoms with Gasteiger partial charge in [0.1, 0.15) is 0 Å². The smallest absolute Gasteiger partial charge is 0.207 e. The molecule has 20 heavy (non-hydrogen) atoms. The fraction of sp³-hybridized carbons (Fsp3) is 0.143. The lowest BCUT2D eigenvalue weighted by Crippen LogP contribution is -2.16. The van der Waals surface area contributed by atoms with E-state index in [2.05, 4.69) is 0 Å². The van der Waals surface area contributed by atoms with Crippen molar-refractivity contribution in [2.75, 3.05) is 0 Å². The van der Waals surface area contributed by atoms with Crippen LogP contribution in [0.1, 0.15) is 11.1 Å². The minimum Gasteiger partial charge on any atom is -0.207 e. The first-order chi connectivity index (χ1) is 9.25. The van der Waals surface area contributed by atoms with Crippen LogP contribution in [0, 0.1) is 13.8 Å². The van der Waals surface area contributed by atoms with Gasteiger partial charge in [-0.15, -0.1) is 0 Å². The molecule has 2 aromatic rings. The van der Waals surface area contributed by atoms with Crippen molar-refractivity contribution in [1.29, 1.82) is 0 Å². The van der Waals surface area contributed by atoms with Crippen molar-refractivity contribution in [3.8, 4) is 0 Å². The van der Waals surface area contributed by atoms with E-state index < -0.39 is 17.7 Å². The molecule has 0 N–H and O–H groups in total. The first-order valence-corrected chi connectivity index (χ1v) is 9.37. The Balaban J connectivity index is 2.58. The molecule has 0 saturated heterocycles. The molecule has 0 unspecified atom stereocenters. The first-order valence-electron chi connectivity index (χ1n) is 5.88. The molecule has 0 radical (unpaired) electrons. The van der Waals surface area contributed by atoms with Crippen molar-refractivity contribution in [3.63, 3.8) is 0 Å². The maximum atomic E-state index is 12.3. The van der Waals surface area contributed by atoms with Crippen LogP contribution >= 0.6 is 0 Å². The van der Waals surface area contributed by atoms with Crippen molar-refractivity contribution in [2.24, 2.45) is 0 Å². The van der Waals surface area contributed by atoms with Gasteiger partial charge in [-0.1, -0.05) is 35.4 Å². The SMILES string of the molecule is Cc1ccc(S(=O)(=O)S(=O)(=O)c2ccc(C)cc2)cc1. The summed E-state index contributed by atoms with van der Waals surface area (Å²) in [7, 11) is -8.90. The lowest BCUT2D eigenvalue weighted by Gasteiger charge is -2.07. The lowest BCUT2D eigenvalue weighted by atomic mass is 10.2. The van der Waals surface area contributed by atoms with E-state index in [0.717, 1.165) is 11.1 Å². The van der Waals surface area contributed by atoms with Crippen LogP contribution in [0.2, 0.25) is 0 Å². The molecule has 0 aliphatic carbocycles. The van der Waals surface area contributed by atoms with Crippen LogP contribution in [0.5, 0.6) is 0 Å². The standard InChI is InChI=1S/C14H14O4S2/c1-11-3-7-13(8-4-11)19(15,16)20(17,18)14-9-5-12(2)6-10-14/h3-10H,1-2H3. The van der Waals surface area contributed by atoms with Gasteiger partial charge in [0.25, 0.3) is 17.7 Å². The lowest BCUT2D eigenvalue weighted by molar-refractivity contribution is 0.582. The summed E-state index contributed by atoms with van der Waals surface area (Å²) in [6.07, 6.45) is 0. The molecule has 6 heteroatoms. The number of hydrogen-bond acceptors (Lipinski definition) is 4. The molecule has 2 aromatic carbocycles. The highest BCUT2D eigenvalue weighted by molar-refractivity contribution is 8.67. The predicted octanol–water partition coefficient (Wildman–Crippen LogP) is 2.47. The van der Waals surface area contributed by atoms with E-state index >= 15 is 0 Å². The highest BCUT2D eigenvalue weighted by Crippen LogP contribution is 2.24. The highest BCUT2D eigenvalue weighted by atomic mass is 33.2.